The van der Waals surface area contributed by atoms with Gasteiger partial charge in [0.05, 0.1) is 6.04 Å². The third-order valence-electron chi connectivity index (χ3n) is 3.23. The van der Waals surface area contributed by atoms with Crippen LogP contribution in [0.2, 0.25) is 0 Å². The lowest BCUT2D eigenvalue weighted by molar-refractivity contribution is -0.123. The molecule has 0 aromatic heterocycles. The highest BCUT2D eigenvalue weighted by atomic mass is 16.2. The molecular formula is C13H28N2O. The molecule has 0 aliphatic heterocycles. The fourth-order valence-corrected chi connectivity index (χ4v) is 1.53. The first-order valence-electron chi connectivity index (χ1n) is 6.56. The summed E-state index contributed by atoms with van der Waals surface area (Å²) in [6.45, 7) is 11.4. The van der Waals surface area contributed by atoms with Gasteiger partial charge in [0.1, 0.15) is 0 Å². The van der Waals surface area contributed by atoms with E-state index in [9.17, 15) is 4.79 Å². The first-order valence-corrected chi connectivity index (χ1v) is 6.56. The predicted molar refractivity (Wildman–Crippen MR) is 69.4 cm³/mol. The van der Waals surface area contributed by atoms with Gasteiger partial charge in [0.15, 0.2) is 0 Å². The van der Waals surface area contributed by atoms with E-state index in [1.807, 2.05) is 6.92 Å². The second-order valence-corrected chi connectivity index (χ2v) is 4.71. The number of rotatable bonds is 8. The van der Waals surface area contributed by atoms with E-state index in [0.29, 0.717) is 12.0 Å². The molecule has 0 radical (unpaired) electrons. The number of nitrogens with one attached hydrogen (secondary N) is 2. The van der Waals surface area contributed by atoms with Crippen molar-refractivity contribution in [3.8, 4) is 0 Å². The molecule has 0 rings (SSSR count). The Bertz CT molecular complexity index is 194. The largest absolute Gasteiger partial charge is 0.355 e. The molecule has 0 bridgehead atoms. The maximum absolute atomic E-state index is 11.7. The van der Waals surface area contributed by atoms with Crippen LogP contribution in [0, 0.1) is 5.92 Å². The number of hydrogen-bond donors (Lipinski definition) is 2. The quantitative estimate of drug-likeness (QED) is 0.626. The summed E-state index contributed by atoms with van der Waals surface area (Å²) in [5, 5.41) is 6.29. The maximum atomic E-state index is 11.7. The summed E-state index contributed by atoms with van der Waals surface area (Å²) in [6, 6.07) is 0.290. The monoisotopic (exact) mass is 228 g/mol. The number of carbonyl (C=O) groups excluding carboxylic acids is 1. The van der Waals surface area contributed by atoms with Gasteiger partial charge in [-0.3, -0.25) is 4.79 Å². The fraction of sp³-hybridized carbons (Fsp3) is 0.923. The van der Waals surface area contributed by atoms with Crippen molar-refractivity contribution in [2.45, 2.75) is 66.0 Å². The van der Waals surface area contributed by atoms with Crippen LogP contribution in [-0.4, -0.2) is 24.5 Å². The van der Waals surface area contributed by atoms with Crippen molar-refractivity contribution in [3.63, 3.8) is 0 Å². The zero-order valence-electron chi connectivity index (χ0n) is 11.5. The molecular weight excluding hydrogens is 200 g/mol. The van der Waals surface area contributed by atoms with Crippen LogP contribution < -0.4 is 10.6 Å². The smallest absolute Gasteiger partial charge is 0.236 e. The molecule has 1 amide bonds. The fourth-order valence-electron chi connectivity index (χ4n) is 1.53. The Morgan fingerprint density at radius 1 is 1.19 bits per heavy atom. The summed E-state index contributed by atoms with van der Waals surface area (Å²) in [5.74, 6) is 0.717. The molecule has 0 aliphatic carbocycles. The highest BCUT2D eigenvalue weighted by Gasteiger charge is 2.17. The SMILES string of the molecule is CCCCNC(=O)C(C)NC(C)C(C)CC. The summed E-state index contributed by atoms with van der Waals surface area (Å²) in [6.07, 6.45) is 3.31. The van der Waals surface area contributed by atoms with Crippen molar-refractivity contribution in [2.75, 3.05) is 6.54 Å². The predicted octanol–water partition coefficient (Wildman–Crippen LogP) is 2.32. The molecule has 3 atom stereocenters. The normalized spacial score (nSPS) is 16.6. The molecule has 0 fully saturated rings. The van der Waals surface area contributed by atoms with Crippen LogP contribution in [0.15, 0.2) is 0 Å². The topological polar surface area (TPSA) is 41.1 Å². The average molecular weight is 228 g/mol. The molecule has 0 aromatic carbocycles. The average Bonchev–Trinajstić information content (AvgIpc) is 2.27. The van der Waals surface area contributed by atoms with Gasteiger partial charge in [-0.15, -0.1) is 0 Å². The Morgan fingerprint density at radius 2 is 1.81 bits per heavy atom. The lowest BCUT2D eigenvalue weighted by Gasteiger charge is -2.24. The number of hydrogen-bond acceptors (Lipinski definition) is 2. The molecule has 0 aromatic rings. The minimum absolute atomic E-state index is 0.0964. The van der Waals surface area contributed by atoms with Crippen LogP contribution in [-0.2, 0) is 4.79 Å². The molecule has 3 nitrogen and oxygen atoms in total. The Hall–Kier alpha value is -0.570. The van der Waals surface area contributed by atoms with Crippen LogP contribution in [0.5, 0.6) is 0 Å². The Morgan fingerprint density at radius 3 is 2.31 bits per heavy atom. The van der Waals surface area contributed by atoms with Gasteiger partial charge in [-0.1, -0.05) is 33.6 Å². The van der Waals surface area contributed by atoms with Crippen molar-refractivity contribution in [1.29, 1.82) is 0 Å². The Balaban J connectivity index is 3.86. The minimum Gasteiger partial charge on any atom is -0.355 e. The number of unbranched alkanes of at least 4 members (excludes halogenated alkanes) is 1. The highest BCUT2D eigenvalue weighted by molar-refractivity contribution is 5.81. The van der Waals surface area contributed by atoms with E-state index in [1.165, 1.54) is 0 Å². The molecule has 0 spiro atoms. The van der Waals surface area contributed by atoms with Crippen LogP contribution >= 0.6 is 0 Å². The summed E-state index contributed by atoms with van der Waals surface area (Å²) >= 11 is 0. The van der Waals surface area contributed by atoms with Gasteiger partial charge in [0.2, 0.25) is 5.91 Å². The van der Waals surface area contributed by atoms with Gasteiger partial charge < -0.3 is 10.6 Å². The first-order chi connectivity index (χ1) is 7.52. The van der Waals surface area contributed by atoms with Gasteiger partial charge in [-0.25, -0.2) is 0 Å². The second-order valence-electron chi connectivity index (χ2n) is 4.71. The van der Waals surface area contributed by atoms with Crippen molar-refractivity contribution in [2.24, 2.45) is 5.92 Å². The van der Waals surface area contributed by atoms with E-state index in [-0.39, 0.29) is 11.9 Å². The highest BCUT2D eigenvalue weighted by Crippen LogP contribution is 2.07. The molecule has 0 saturated heterocycles. The van der Waals surface area contributed by atoms with E-state index in [2.05, 4.69) is 38.3 Å². The molecule has 96 valence electrons. The molecule has 0 heterocycles. The Kier molecular flexibility index (Phi) is 8.26. The lowest BCUT2D eigenvalue weighted by atomic mass is 10.00. The van der Waals surface area contributed by atoms with E-state index in [4.69, 9.17) is 0 Å². The van der Waals surface area contributed by atoms with Crippen LogP contribution in [0.4, 0.5) is 0 Å². The van der Waals surface area contributed by atoms with E-state index in [1.54, 1.807) is 0 Å². The van der Waals surface area contributed by atoms with Crippen LogP contribution in [0.1, 0.15) is 53.9 Å². The third kappa shape index (κ3) is 6.11. The standard InChI is InChI=1S/C13H28N2O/c1-6-8-9-14-13(16)12(5)15-11(4)10(3)7-2/h10-12,15H,6-9H2,1-5H3,(H,14,16). The molecule has 3 unspecified atom stereocenters. The maximum Gasteiger partial charge on any atom is 0.236 e. The van der Waals surface area contributed by atoms with Gasteiger partial charge in [0, 0.05) is 12.6 Å². The third-order valence-corrected chi connectivity index (χ3v) is 3.23. The summed E-state index contributed by atoms with van der Waals surface area (Å²) in [7, 11) is 0. The number of carbonyl (C=O) groups is 1. The molecule has 0 saturated carbocycles. The summed E-state index contributed by atoms with van der Waals surface area (Å²) < 4.78 is 0. The Labute approximate surface area is 100 Å². The summed E-state index contributed by atoms with van der Waals surface area (Å²) in [4.78, 5) is 11.7. The zero-order valence-corrected chi connectivity index (χ0v) is 11.5. The van der Waals surface area contributed by atoms with Gasteiger partial charge in [-0.05, 0) is 26.2 Å². The lowest BCUT2D eigenvalue weighted by Crippen LogP contribution is -2.47. The van der Waals surface area contributed by atoms with Crippen LogP contribution in [0.25, 0.3) is 0 Å². The van der Waals surface area contributed by atoms with E-state index >= 15 is 0 Å². The molecule has 3 heteroatoms. The van der Waals surface area contributed by atoms with Crippen molar-refractivity contribution in [3.05, 3.63) is 0 Å². The van der Waals surface area contributed by atoms with Gasteiger partial charge >= 0.3 is 0 Å². The van der Waals surface area contributed by atoms with Crippen molar-refractivity contribution < 1.29 is 4.79 Å². The molecule has 16 heavy (non-hydrogen) atoms. The first kappa shape index (κ1) is 15.4. The second kappa shape index (κ2) is 8.57. The van der Waals surface area contributed by atoms with Gasteiger partial charge in [0.25, 0.3) is 0 Å². The van der Waals surface area contributed by atoms with E-state index < -0.39 is 0 Å². The minimum atomic E-state index is -0.0964. The number of amides is 1. The molecule has 0 aliphatic rings. The van der Waals surface area contributed by atoms with Crippen LogP contribution in [0.3, 0.4) is 0 Å². The van der Waals surface area contributed by atoms with Crippen molar-refractivity contribution >= 4 is 5.91 Å². The van der Waals surface area contributed by atoms with Gasteiger partial charge in [-0.2, -0.15) is 0 Å². The van der Waals surface area contributed by atoms with Crippen molar-refractivity contribution in [1.82, 2.24) is 10.6 Å². The molecule has 2 N–H and O–H groups in total. The van der Waals surface area contributed by atoms with E-state index in [0.717, 1.165) is 25.8 Å². The summed E-state index contributed by atoms with van der Waals surface area (Å²) in [5.41, 5.74) is 0. The zero-order chi connectivity index (χ0) is 12.6.